The third-order valence-electron chi connectivity index (χ3n) is 5.32. The third kappa shape index (κ3) is 5.43. The average Bonchev–Trinajstić information content (AvgIpc) is 2.86. The Labute approximate surface area is 205 Å². The number of benzene rings is 2. The van der Waals surface area contributed by atoms with Gasteiger partial charge in [0.15, 0.2) is 0 Å². The number of thioether (sulfide) groups is 1. The van der Waals surface area contributed by atoms with Crippen molar-refractivity contribution in [3.63, 3.8) is 0 Å². The lowest BCUT2D eigenvalue weighted by molar-refractivity contribution is 1.11. The van der Waals surface area contributed by atoms with Gasteiger partial charge in [0.2, 0.25) is 0 Å². The lowest BCUT2D eigenvalue weighted by Gasteiger charge is -2.13. The first-order valence-corrected chi connectivity index (χ1v) is 11.7. The molecule has 0 unspecified atom stereocenters. The van der Waals surface area contributed by atoms with E-state index in [-0.39, 0.29) is 11.4 Å². The highest BCUT2D eigenvalue weighted by molar-refractivity contribution is 7.99. The molecular weight excluding hydrogens is 438 g/mol. The molecule has 0 aliphatic carbocycles. The van der Waals surface area contributed by atoms with Crippen LogP contribution in [0.3, 0.4) is 0 Å². The number of aliphatic imine (C=N–C) groups is 1. The van der Waals surface area contributed by atoms with Crippen LogP contribution in [0.1, 0.15) is 41.7 Å². The number of hydrogen-bond acceptors (Lipinski definition) is 6. The van der Waals surface area contributed by atoms with E-state index in [0.717, 1.165) is 28.1 Å². The SMILES string of the molecule is C=Cc1ccc(-c2c(C#N)c(N)nc(SC/C(=C/C)N=C(C)c3ccc(C)cc3)c2C#N)cc1. The predicted molar refractivity (Wildman–Crippen MR) is 141 cm³/mol. The van der Waals surface area contributed by atoms with Gasteiger partial charge in [-0.2, -0.15) is 10.5 Å². The maximum absolute atomic E-state index is 10.00. The minimum absolute atomic E-state index is 0.105. The third-order valence-corrected chi connectivity index (χ3v) is 6.33. The largest absolute Gasteiger partial charge is 0.383 e. The highest BCUT2D eigenvalue weighted by atomic mass is 32.2. The van der Waals surface area contributed by atoms with Crippen LogP contribution in [0.15, 0.2) is 76.9 Å². The van der Waals surface area contributed by atoms with Gasteiger partial charge in [0.05, 0.1) is 5.56 Å². The molecule has 2 aromatic carbocycles. The highest BCUT2D eigenvalue weighted by Crippen LogP contribution is 2.36. The molecule has 0 spiro atoms. The van der Waals surface area contributed by atoms with E-state index >= 15 is 0 Å². The molecule has 3 rings (SSSR count). The summed E-state index contributed by atoms with van der Waals surface area (Å²) in [7, 11) is 0. The van der Waals surface area contributed by atoms with Crippen LogP contribution < -0.4 is 5.73 Å². The molecule has 0 aliphatic heterocycles. The molecule has 1 heterocycles. The summed E-state index contributed by atoms with van der Waals surface area (Å²) in [6.45, 7) is 9.72. The van der Waals surface area contributed by atoms with Crippen LogP contribution in [-0.2, 0) is 0 Å². The smallest absolute Gasteiger partial charge is 0.143 e. The standard InChI is InChI=1S/C28H25N5S/c1-5-20-9-13-22(14-10-20)26-24(15-29)27(31)33-28(25(26)16-30)34-17-23(6-2)32-19(4)21-11-7-18(3)8-12-21/h5-14H,1,17H2,2-4H3,(H2,31,33)/b23-6-,32-19?. The summed E-state index contributed by atoms with van der Waals surface area (Å²) in [6.07, 6.45) is 3.68. The van der Waals surface area contributed by atoms with Gasteiger partial charge in [-0.15, -0.1) is 0 Å². The number of nitriles is 2. The van der Waals surface area contributed by atoms with E-state index in [2.05, 4.69) is 54.9 Å². The fourth-order valence-electron chi connectivity index (χ4n) is 3.37. The van der Waals surface area contributed by atoms with E-state index in [1.54, 1.807) is 6.08 Å². The second kappa shape index (κ2) is 11.1. The van der Waals surface area contributed by atoms with E-state index in [4.69, 9.17) is 10.7 Å². The number of allylic oxidation sites excluding steroid dienone is 1. The Hall–Kier alpha value is -4.13. The van der Waals surface area contributed by atoms with E-state index < -0.39 is 0 Å². The summed E-state index contributed by atoms with van der Waals surface area (Å²) in [5, 5.41) is 20.2. The summed E-state index contributed by atoms with van der Waals surface area (Å²) >= 11 is 1.38. The lowest BCUT2D eigenvalue weighted by Crippen LogP contribution is -2.04. The topological polar surface area (TPSA) is 98.8 Å². The number of nitrogens with two attached hydrogens (primary N) is 1. The fourth-order valence-corrected chi connectivity index (χ4v) is 4.35. The summed E-state index contributed by atoms with van der Waals surface area (Å²) in [5.41, 5.74) is 12.9. The Bertz CT molecular complexity index is 1350. The van der Waals surface area contributed by atoms with Crippen LogP contribution in [0.2, 0.25) is 0 Å². The second-order valence-electron chi connectivity index (χ2n) is 7.61. The number of nitrogens with zero attached hydrogens (tertiary/aromatic N) is 4. The summed E-state index contributed by atoms with van der Waals surface area (Å²) in [6, 6.07) is 20.1. The Morgan fingerprint density at radius 2 is 1.74 bits per heavy atom. The molecule has 2 N–H and O–H groups in total. The van der Waals surface area contributed by atoms with Crippen LogP contribution in [0.5, 0.6) is 0 Å². The molecule has 0 atom stereocenters. The molecule has 168 valence electrons. The molecule has 0 amide bonds. The van der Waals surface area contributed by atoms with Crippen LogP contribution in [0, 0.1) is 29.6 Å². The molecular formula is C28H25N5S. The van der Waals surface area contributed by atoms with Crippen molar-refractivity contribution < 1.29 is 0 Å². The average molecular weight is 464 g/mol. The molecule has 34 heavy (non-hydrogen) atoms. The van der Waals surface area contributed by atoms with Gasteiger partial charge >= 0.3 is 0 Å². The van der Waals surface area contributed by atoms with Crippen molar-refractivity contribution in [2.24, 2.45) is 4.99 Å². The van der Waals surface area contributed by atoms with Crippen molar-refractivity contribution in [1.82, 2.24) is 4.98 Å². The van der Waals surface area contributed by atoms with Crippen molar-refractivity contribution in [2.45, 2.75) is 25.8 Å². The summed E-state index contributed by atoms with van der Waals surface area (Å²) in [5.74, 6) is 0.606. The predicted octanol–water partition coefficient (Wildman–Crippen LogP) is 6.53. The van der Waals surface area contributed by atoms with Gasteiger partial charge in [0, 0.05) is 22.7 Å². The molecule has 0 saturated carbocycles. The molecule has 3 aromatic rings. The zero-order valence-corrected chi connectivity index (χ0v) is 20.3. The molecule has 0 bridgehead atoms. The first-order valence-electron chi connectivity index (χ1n) is 10.7. The van der Waals surface area contributed by atoms with Gasteiger partial charge in [-0.1, -0.05) is 84.6 Å². The Balaban J connectivity index is 1.96. The van der Waals surface area contributed by atoms with Crippen molar-refractivity contribution in [2.75, 3.05) is 11.5 Å². The molecule has 0 fully saturated rings. The number of aryl methyl sites for hydroxylation is 1. The van der Waals surface area contributed by atoms with Crippen LogP contribution >= 0.6 is 11.8 Å². The zero-order valence-electron chi connectivity index (χ0n) is 19.5. The van der Waals surface area contributed by atoms with Crippen LogP contribution in [-0.4, -0.2) is 16.4 Å². The van der Waals surface area contributed by atoms with Crippen molar-refractivity contribution >= 4 is 29.4 Å². The molecule has 0 aliphatic rings. The number of rotatable bonds is 7. The second-order valence-corrected chi connectivity index (χ2v) is 8.57. The molecule has 0 saturated heterocycles. The lowest BCUT2D eigenvalue weighted by atomic mass is 9.96. The molecule has 5 nitrogen and oxygen atoms in total. The minimum atomic E-state index is 0.105. The Morgan fingerprint density at radius 1 is 1.09 bits per heavy atom. The number of hydrogen-bond donors (Lipinski definition) is 1. The maximum Gasteiger partial charge on any atom is 0.143 e. The van der Waals surface area contributed by atoms with E-state index in [9.17, 15) is 10.5 Å². The van der Waals surface area contributed by atoms with Crippen molar-refractivity contribution in [3.05, 3.63) is 94.7 Å². The summed E-state index contributed by atoms with van der Waals surface area (Å²) < 4.78 is 0. The maximum atomic E-state index is 10.00. The fraction of sp³-hybridized carbons (Fsp3) is 0.143. The zero-order chi connectivity index (χ0) is 24.7. The molecule has 0 radical (unpaired) electrons. The Kier molecular flexibility index (Phi) is 8.03. The van der Waals surface area contributed by atoms with E-state index in [1.165, 1.54) is 17.3 Å². The normalized spacial score (nSPS) is 11.6. The first kappa shape index (κ1) is 24.5. The number of anilines is 1. The quantitative estimate of drug-likeness (QED) is 0.317. The molecule has 6 heteroatoms. The number of pyridine rings is 1. The van der Waals surface area contributed by atoms with Crippen molar-refractivity contribution in [1.29, 1.82) is 10.5 Å². The highest BCUT2D eigenvalue weighted by Gasteiger charge is 2.20. The van der Waals surface area contributed by atoms with Gasteiger partial charge in [-0.25, -0.2) is 4.98 Å². The van der Waals surface area contributed by atoms with E-state index in [0.29, 0.717) is 21.9 Å². The van der Waals surface area contributed by atoms with Gasteiger partial charge in [-0.05, 0) is 37.5 Å². The molecule has 1 aromatic heterocycles. The van der Waals surface area contributed by atoms with Gasteiger partial charge in [0.1, 0.15) is 28.5 Å². The first-order chi connectivity index (χ1) is 16.4. The monoisotopic (exact) mass is 463 g/mol. The van der Waals surface area contributed by atoms with E-state index in [1.807, 2.05) is 44.2 Å². The Morgan fingerprint density at radius 3 is 2.29 bits per heavy atom. The number of nitrogen functional groups attached to an aromatic ring is 1. The summed E-state index contributed by atoms with van der Waals surface area (Å²) in [4.78, 5) is 9.17. The van der Waals surface area contributed by atoms with Gasteiger partial charge < -0.3 is 5.73 Å². The number of aromatic nitrogens is 1. The van der Waals surface area contributed by atoms with Gasteiger partial charge in [0.25, 0.3) is 0 Å². The van der Waals surface area contributed by atoms with Crippen LogP contribution in [0.4, 0.5) is 5.82 Å². The minimum Gasteiger partial charge on any atom is -0.383 e. The van der Waals surface area contributed by atoms with Gasteiger partial charge in [-0.3, -0.25) is 4.99 Å². The van der Waals surface area contributed by atoms with Crippen LogP contribution in [0.25, 0.3) is 17.2 Å². The van der Waals surface area contributed by atoms with Crippen molar-refractivity contribution in [3.8, 4) is 23.3 Å².